The summed E-state index contributed by atoms with van der Waals surface area (Å²) in [6.07, 6.45) is 1.78. The van der Waals surface area contributed by atoms with Crippen LogP contribution in [-0.4, -0.2) is 23.9 Å². The van der Waals surface area contributed by atoms with E-state index in [1.54, 1.807) is 18.1 Å². The molecule has 1 amide bonds. The number of aryl methyl sites for hydroxylation is 1. The Kier molecular flexibility index (Phi) is 5.69. The van der Waals surface area contributed by atoms with Gasteiger partial charge in [0.25, 0.3) is 5.91 Å². The SMILES string of the molecule is CCSC1=N/C(=C/c2ccc(OC)cc2)C(=O)N1c1ccc(C)cc1Cl. The van der Waals surface area contributed by atoms with Crippen LogP contribution < -0.4 is 9.64 Å². The Labute approximate surface area is 162 Å². The van der Waals surface area contributed by atoms with Gasteiger partial charge in [-0.3, -0.25) is 9.69 Å². The molecule has 0 bridgehead atoms. The van der Waals surface area contributed by atoms with Gasteiger partial charge in [0.1, 0.15) is 11.4 Å². The van der Waals surface area contributed by atoms with Crippen LogP contribution in [0.25, 0.3) is 6.08 Å². The number of benzene rings is 2. The molecule has 0 spiro atoms. The zero-order valence-electron chi connectivity index (χ0n) is 14.8. The van der Waals surface area contributed by atoms with Gasteiger partial charge < -0.3 is 4.74 Å². The lowest BCUT2D eigenvalue weighted by molar-refractivity contribution is -0.113. The van der Waals surface area contributed by atoms with Gasteiger partial charge in [-0.05, 0) is 54.1 Å². The summed E-state index contributed by atoms with van der Waals surface area (Å²) in [7, 11) is 1.62. The Hall–Kier alpha value is -2.24. The quantitative estimate of drug-likeness (QED) is 0.682. The van der Waals surface area contributed by atoms with Crippen LogP contribution in [0.3, 0.4) is 0 Å². The monoisotopic (exact) mass is 386 g/mol. The van der Waals surface area contributed by atoms with Crippen molar-refractivity contribution in [1.29, 1.82) is 0 Å². The van der Waals surface area contributed by atoms with E-state index in [0.29, 0.717) is 21.6 Å². The molecule has 134 valence electrons. The molecule has 2 aromatic rings. The van der Waals surface area contributed by atoms with Gasteiger partial charge in [0.2, 0.25) is 0 Å². The van der Waals surface area contributed by atoms with Crippen LogP contribution in [0.2, 0.25) is 5.02 Å². The van der Waals surface area contributed by atoms with Crippen molar-refractivity contribution in [3.8, 4) is 5.75 Å². The summed E-state index contributed by atoms with van der Waals surface area (Å²) in [5.41, 5.74) is 2.97. The van der Waals surface area contributed by atoms with Crippen LogP contribution in [0.15, 0.2) is 53.2 Å². The molecule has 1 aliphatic heterocycles. The number of amidine groups is 1. The van der Waals surface area contributed by atoms with Crippen LogP contribution in [0.1, 0.15) is 18.1 Å². The van der Waals surface area contributed by atoms with E-state index in [4.69, 9.17) is 16.3 Å². The average molecular weight is 387 g/mol. The van der Waals surface area contributed by atoms with Gasteiger partial charge in [0, 0.05) is 0 Å². The first-order valence-electron chi connectivity index (χ1n) is 8.21. The van der Waals surface area contributed by atoms with Crippen LogP contribution in [0.5, 0.6) is 5.75 Å². The Morgan fingerprint density at radius 3 is 2.58 bits per heavy atom. The maximum Gasteiger partial charge on any atom is 0.283 e. The van der Waals surface area contributed by atoms with E-state index in [2.05, 4.69) is 4.99 Å². The fourth-order valence-electron chi connectivity index (χ4n) is 2.59. The van der Waals surface area contributed by atoms with Crippen LogP contribution in [0.4, 0.5) is 5.69 Å². The number of hydrogen-bond acceptors (Lipinski definition) is 4. The first-order chi connectivity index (χ1) is 12.5. The Bertz CT molecular complexity index is 891. The molecule has 6 heteroatoms. The average Bonchev–Trinajstić information content (AvgIpc) is 2.92. The highest BCUT2D eigenvalue weighted by atomic mass is 35.5. The molecule has 0 radical (unpaired) electrons. The summed E-state index contributed by atoms with van der Waals surface area (Å²) in [6.45, 7) is 3.99. The molecule has 4 nitrogen and oxygen atoms in total. The summed E-state index contributed by atoms with van der Waals surface area (Å²) < 4.78 is 5.17. The molecule has 1 aliphatic rings. The molecule has 26 heavy (non-hydrogen) atoms. The molecule has 0 N–H and O–H groups in total. The minimum Gasteiger partial charge on any atom is -0.497 e. The Morgan fingerprint density at radius 2 is 1.96 bits per heavy atom. The van der Waals surface area contributed by atoms with Gasteiger partial charge in [-0.1, -0.05) is 48.5 Å². The number of amides is 1. The van der Waals surface area contributed by atoms with Gasteiger partial charge in [-0.15, -0.1) is 0 Å². The standard InChI is InChI=1S/C20H19ClN2O2S/c1-4-26-20-22-17(12-14-6-8-15(25-3)9-7-14)19(24)23(20)18-10-5-13(2)11-16(18)21/h5-12H,4H2,1-3H3/b17-12+. The van der Waals surface area contributed by atoms with Crippen molar-refractivity contribution in [3.05, 3.63) is 64.3 Å². The van der Waals surface area contributed by atoms with Crippen molar-refractivity contribution >= 4 is 46.2 Å². The second-order valence-corrected chi connectivity index (χ2v) is 7.36. The van der Waals surface area contributed by atoms with Gasteiger partial charge in [-0.25, -0.2) is 4.99 Å². The van der Waals surface area contributed by atoms with Gasteiger partial charge >= 0.3 is 0 Å². The molecule has 0 aliphatic carbocycles. The number of carbonyl (C=O) groups is 1. The minimum atomic E-state index is -0.178. The first-order valence-corrected chi connectivity index (χ1v) is 9.57. The first kappa shape index (κ1) is 18.5. The maximum atomic E-state index is 13.0. The van der Waals surface area contributed by atoms with Crippen molar-refractivity contribution in [3.63, 3.8) is 0 Å². The Balaban J connectivity index is 1.98. The molecule has 0 saturated carbocycles. The van der Waals surface area contributed by atoms with Crippen LogP contribution in [-0.2, 0) is 4.79 Å². The molecular weight excluding hydrogens is 368 g/mol. The smallest absolute Gasteiger partial charge is 0.283 e. The van der Waals surface area contributed by atoms with Crippen molar-refractivity contribution in [2.24, 2.45) is 4.99 Å². The van der Waals surface area contributed by atoms with Crippen LogP contribution in [0, 0.1) is 6.92 Å². The van der Waals surface area contributed by atoms with Crippen molar-refractivity contribution < 1.29 is 9.53 Å². The second-order valence-electron chi connectivity index (χ2n) is 5.73. The normalized spacial score (nSPS) is 15.5. The van der Waals surface area contributed by atoms with Gasteiger partial charge in [-0.2, -0.15) is 0 Å². The van der Waals surface area contributed by atoms with E-state index in [-0.39, 0.29) is 5.91 Å². The number of ether oxygens (including phenoxy) is 1. The molecule has 0 saturated heterocycles. The maximum absolute atomic E-state index is 13.0. The van der Waals surface area contributed by atoms with E-state index < -0.39 is 0 Å². The topological polar surface area (TPSA) is 41.9 Å². The van der Waals surface area contributed by atoms with E-state index >= 15 is 0 Å². The molecule has 2 aromatic carbocycles. The van der Waals surface area contributed by atoms with Crippen molar-refractivity contribution in [2.75, 3.05) is 17.8 Å². The largest absolute Gasteiger partial charge is 0.497 e. The zero-order valence-corrected chi connectivity index (χ0v) is 16.4. The highest BCUT2D eigenvalue weighted by Gasteiger charge is 2.32. The predicted molar refractivity (Wildman–Crippen MR) is 110 cm³/mol. The number of thioether (sulfide) groups is 1. The second kappa shape index (κ2) is 7.98. The zero-order chi connectivity index (χ0) is 18.7. The number of halogens is 1. The molecule has 0 atom stereocenters. The fraction of sp³-hybridized carbons (Fsp3) is 0.200. The number of hydrogen-bond donors (Lipinski definition) is 0. The lowest BCUT2D eigenvalue weighted by Crippen LogP contribution is -2.30. The highest BCUT2D eigenvalue weighted by molar-refractivity contribution is 8.14. The van der Waals surface area contributed by atoms with E-state index in [9.17, 15) is 4.79 Å². The third kappa shape index (κ3) is 3.79. The summed E-state index contributed by atoms with van der Waals surface area (Å²) in [6, 6.07) is 13.1. The number of carbonyl (C=O) groups excluding carboxylic acids is 1. The summed E-state index contributed by atoms with van der Waals surface area (Å²) in [5, 5.41) is 1.18. The number of anilines is 1. The third-order valence-corrected chi connectivity index (χ3v) is 4.99. The van der Waals surface area contributed by atoms with E-state index in [1.165, 1.54) is 11.8 Å². The van der Waals surface area contributed by atoms with Gasteiger partial charge in [0.15, 0.2) is 5.17 Å². The third-order valence-electron chi connectivity index (χ3n) is 3.87. The van der Waals surface area contributed by atoms with Crippen molar-refractivity contribution in [2.45, 2.75) is 13.8 Å². The number of rotatable bonds is 4. The molecule has 0 unspecified atom stereocenters. The lowest BCUT2D eigenvalue weighted by Gasteiger charge is -2.19. The molecule has 0 aromatic heterocycles. The number of aliphatic imine (C=N–C) groups is 1. The van der Waals surface area contributed by atoms with E-state index in [0.717, 1.165) is 22.6 Å². The predicted octanol–water partition coefficient (Wildman–Crippen LogP) is 5.15. The highest BCUT2D eigenvalue weighted by Crippen LogP contribution is 2.34. The molecule has 1 heterocycles. The number of nitrogens with zero attached hydrogens (tertiary/aromatic N) is 2. The van der Waals surface area contributed by atoms with Crippen LogP contribution >= 0.6 is 23.4 Å². The minimum absolute atomic E-state index is 0.178. The Morgan fingerprint density at radius 1 is 1.23 bits per heavy atom. The summed E-state index contributed by atoms with van der Waals surface area (Å²) in [5.74, 6) is 1.40. The molecular formula is C20H19ClN2O2S. The summed E-state index contributed by atoms with van der Waals surface area (Å²) in [4.78, 5) is 19.1. The van der Waals surface area contributed by atoms with E-state index in [1.807, 2.05) is 56.3 Å². The van der Waals surface area contributed by atoms with Crippen molar-refractivity contribution in [1.82, 2.24) is 0 Å². The van der Waals surface area contributed by atoms with Gasteiger partial charge in [0.05, 0.1) is 17.8 Å². The lowest BCUT2D eigenvalue weighted by atomic mass is 10.1. The molecule has 3 rings (SSSR count). The number of methoxy groups -OCH3 is 1. The fourth-order valence-corrected chi connectivity index (χ4v) is 3.64. The summed E-state index contributed by atoms with van der Waals surface area (Å²) >= 11 is 7.90. The molecule has 0 fully saturated rings.